The van der Waals surface area contributed by atoms with E-state index in [1.807, 2.05) is 55.5 Å². The highest BCUT2D eigenvalue weighted by Crippen LogP contribution is 2.32. The van der Waals surface area contributed by atoms with Crippen LogP contribution in [0.1, 0.15) is 34.4 Å². The smallest absolute Gasteiger partial charge is 0.416 e. The second-order valence-corrected chi connectivity index (χ2v) is 9.85. The van der Waals surface area contributed by atoms with E-state index >= 15 is 0 Å². The molecule has 0 unspecified atom stereocenters. The van der Waals surface area contributed by atoms with Gasteiger partial charge in [0.2, 0.25) is 0 Å². The van der Waals surface area contributed by atoms with Gasteiger partial charge in [0.1, 0.15) is 0 Å². The van der Waals surface area contributed by atoms with Crippen molar-refractivity contribution in [2.24, 2.45) is 0 Å². The van der Waals surface area contributed by atoms with E-state index in [1.54, 1.807) is 17.8 Å². The first-order chi connectivity index (χ1) is 17.7. The highest BCUT2D eigenvalue weighted by Gasteiger charge is 2.30. The largest absolute Gasteiger partial charge is 0.481 e. The molecule has 3 aromatic carbocycles. The molecule has 0 atom stereocenters. The Morgan fingerprint density at radius 1 is 0.919 bits per heavy atom. The summed E-state index contributed by atoms with van der Waals surface area (Å²) in [6.45, 7) is 1.89. The predicted molar refractivity (Wildman–Crippen MR) is 139 cm³/mol. The number of aryl methyl sites for hydroxylation is 2. The maximum atomic E-state index is 12.9. The molecule has 192 valence electrons. The van der Waals surface area contributed by atoms with Crippen molar-refractivity contribution in [1.82, 2.24) is 5.16 Å². The summed E-state index contributed by atoms with van der Waals surface area (Å²) >= 11 is 1.57. The molecule has 37 heavy (non-hydrogen) atoms. The van der Waals surface area contributed by atoms with Crippen molar-refractivity contribution in [2.75, 3.05) is 5.75 Å². The fraction of sp³-hybridized carbons (Fsp3) is 0.241. The molecule has 1 N–H and O–H groups in total. The minimum atomic E-state index is -4.34. The van der Waals surface area contributed by atoms with Gasteiger partial charge in [-0.15, -0.1) is 0 Å². The normalized spacial score (nSPS) is 11.6. The number of benzene rings is 3. The average molecular weight is 526 g/mol. The van der Waals surface area contributed by atoms with Gasteiger partial charge in [-0.25, -0.2) is 0 Å². The number of hydrogen-bond donors (Lipinski definition) is 1. The summed E-state index contributed by atoms with van der Waals surface area (Å²) < 4.78 is 44.4. The summed E-state index contributed by atoms with van der Waals surface area (Å²) in [5.41, 5.74) is 5.76. The number of thioether (sulfide) groups is 1. The highest BCUT2D eigenvalue weighted by atomic mass is 32.2. The molecule has 4 rings (SSSR count). The maximum Gasteiger partial charge on any atom is 0.416 e. The second kappa shape index (κ2) is 11.7. The Hall–Kier alpha value is -3.52. The van der Waals surface area contributed by atoms with Gasteiger partial charge in [0.15, 0.2) is 5.76 Å². The molecular weight excluding hydrogens is 499 g/mol. The molecule has 0 aliphatic heterocycles. The first kappa shape index (κ1) is 26.5. The summed E-state index contributed by atoms with van der Waals surface area (Å²) in [5, 5.41) is 13.0. The van der Waals surface area contributed by atoms with Crippen LogP contribution in [0.15, 0.2) is 77.3 Å². The Morgan fingerprint density at radius 2 is 1.57 bits per heavy atom. The average Bonchev–Trinajstić information content (AvgIpc) is 3.25. The van der Waals surface area contributed by atoms with Crippen LogP contribution >= 0.6 is 11.8 Å². The summed E-state index contributed by atoms with van der Waals surface area (Å²) in [7, 11) is 0. The topological polar surface area (TPSA) is 63.3 Å². The number of aromatic nitrogens is 1. The molecule has 0 spiro atoms. The van der Waals surface area contributed by atoms with Gasteiger partial charge in [-0.1, -0.05) is 71.9 Å². The van der Waals surface area contributed by atoms with E-state index in [4.69, 9.17) is 9.63 Å². The molecule has 0 radical (unpaired) electrons. The Kier molecular flexibility index (Phi) is 8.38. The lowest BCUT2D eigenvalue weighted by molar-refractivity contribution is -0.138. The van der Waals surface area contributed by atoms with Gasteiger partial charge < -0.3 is 9.63 Å². The second-order valence-electron chi connectivity index (χ2n) is 8.74. The van der Waals surface area contributed by atoms with Crippen LogP contribution in [-0.2, 0) is 29.6 Å². The summed E-state index contributed by atoms with van der Waals surface area (Å²) in [5.74, 6) is 1.11. The van der Waals surface area contributed by atoms with Crippen molar-refractivity contribution >= 4 is 17.7 Å². The molecule has 1 heterocycles. The fourth-order valence-electron chi connectivity index (χ4n) is 4.04. The monoisotopic (exact) mass is 525 g/mol. The number of nitrogens with zero attached hydrogens (tertiary/aromatic N) is 1. The van der Waals surface area contributed by atoms with Gasteiger partial charge in [0, 0.05) is 23.3 Å². The lowest BCUT2D eigenvalue weighted by atomic mass is 9.99. The third-order valence-corrected chi connectivity index (χ3v) is 7.10. The predicted octanol–water partition coefficient (Wildman–Crippen LogP) is 7.83. The van der Waals surface area contributed by atoms with Crippen molar-refractivity contribution < 1.29 is 27.6 Å². The van der Waals surface area contributed by atoms with E-state index in [0.717, 1.165) is 45.3 Å². The SMILES string of the molecule is Cc1noc(-c2ccc(-c3ccc(CCC(=O)O)cc3)cc2)c1CCSCc1cccc(C(F)(F)F)c1. The van der Waals surface area contributed by atoms with Crippen LogP contribution in [0.2, 0.25) is 0 Å². The molecule has 0 fully saturated rings. The number of carboxylic acids is 1. The molecule has 1 aromatic heterocycles. The Balaban J connectivity index is 1.38. The molecule has 0 aliphatic rings. The Bertz CT molecular complexity index is 1350. The highest BCUT2D eigenvalue weighted by molar-refractivity contribution is 7.98. The van der Waals surface area contributed by atoms with E-state index in [0.29, 0.717) is 29.9 Å². The molecule has 8 heteroatoms. The molecule has 4 nitrogen and oxygen atoms in total. The zero-order valence-corrected chi connectivity index (χ0v) is 21.0. The van der Waals surface area contributed by atoms with Crippen LogP contribution < -0.4 is 0 Å². The lowest BCUT2D eigenvalue weighted by Gasteiger charge is -2.09. The summed E-state index contributed by atoms with van der Waals surface area (Å²) in [6.07, 6.45) is -3.04. The molecular formula is C29H26F3NO3S. The van der Waals surface area contributed by atoms with Crippen LogP contribution in [0.4, 0.5) is 13.2 Å². The van der Waals surface area contributed by atoms with Gasteiger partial charge in [0.25, 0.3) is 0 Å². The van der Waals surface area contributed by atoms with Gasteiger partial charge in [-0.2, -0.15) is 24.9 Å². The number of halogens is 3. The van der Waals surface area contributed by atoms with Gasteiger partial charge >= 0.3 is 12.1 Å². The molecule has 4 aromatic rings. The molecule has 0 bridgehead atoms. The third kappa shape index (κ3) is 7.04. The Morgan fingerprint density at radius 3 is 2.22 bits per heavy atom. The number of hydrogen-bond acceptors (Lipinski definition) is 4. The van der Waals surface area contributed by atoms with Gasteiger partial charge in [-0.3, -0.25) is 4.79 Å². The third-order valence-electron chi connectivity index (χ3n) is 6.07. The minimum Gasteiger partial charge on any atom is -0.481 e. The van der Waals surface area contributed by atoms with Crippen LogP contribution in [0, 0.1) is 6.92 Å². The quantitative estimate of drug-likeness (QED) is 0.214. The van der Waals surface area contributed by atoms with Crippen molar-refractivity contribution in [2.45, 2.75) is 38.1 Å². The van der Waals surface area contributed by atoms with Crippen molar-refractivity contribution in [3.63, 3.8) is 0 Å². The number of carbonyl (C=O) groups is 1. The van der Waals surface area contributed by atoms with Crippen molar-refractivity contribution in [1.29, 1.82) is 0 Å². The molecule has 0 saturated heterocycles. The van der Waals surface area contributed by atoms with Crippen molar-refractivity contribution in [3.05, 3.63) is 101 Å². The van der Waals surface area contributed by atoms with Crippen LogP contribution in [-0.4, -0.2) is 22.0 Å². The number of carboxylic acid groups (broad SMARTS) is 1. The standard InChI is InChI=1S/C29H26F3NO3S/c1-19-26(15-16-37-18-21-3-2-4-25(17-21)29(30,31)32)28(36-33-19)24-12-10-23(11-13-24)22-8-5-20(6-9-22)7-14-27(34)35/h2-6,8-13,17H,7,14-16,18H2,1H3,(H,34,35). The van der Waals surface area contributed by atoms with E-state index in [-0.39, 0.29) is 6.42 Å². The number of aliphatic carboxylic acids is 1. The van der Waals surface area contributed by atoms with E-state index < -0.39 is 17.7 Å². The zero-order valence-electron chi connectivity index (χ0n) is 20.2. The first-order valence-corrected chi connectivity index (χ1v) is 13.0. The molecule has 0 aliphatic carbocycles. The van der Waals surface area contributed by atoms with Crippen LogP contribution in [0.25, 0.3) is 22.5 Å². The molecule has 0 amide bonds. The molecule has 0 saturated carbocycles. The van der Waals surface area contributed by atoms with Crippen LogP contribution in [0.3, 0.4) is 0 Å². The maximum absolute atomic E-state index is 12.9. The minimum absolute atomic E-state index is 0.108. The number of alkyl halides is 3. The lowest BCUT2D eigenvalue weighted by Crippen LogP contribution is -2.05. The fourth-order valence-corrected chi connectivity index (χ4v) is 4.95. The summed E-state index contributed by atoms with van der Waals surface area (Å²) in [4.78, 5) is 10.8. The first-order valence-electron chi connectivity index (χ1n) is 11.8. The zero-order chi connectivity index (χ0) is 26.4. The van der Waals surface area contributed by atoms with E-state index in [1.165, 1.54) is 12.1 Å². The number of rotatable bonds is 10. The van der Waals surface area contributed by atoms with Crippen molar-refractivity contribution in [3.8, 4) is 22.5 Å². The van der Waals surface area contributed by atoms with Gasteiger partial charge in [-0.05, 0) is 53.8 Å². The Labute approximate surface area is 217 Å². The van der Waals surface area contributed by atoms with Crippen LogP contribution in [0.5, 0.6) is 0 Å². The van der Waals surface area contributed by atoms with E-state index in [9.17, 15) is 18.0 Å². The van der Waals surface area contributed by atoms with E-state index in [2.05, 4.69) is 5.16 Å². The van der Waals surface area contributed by atoms with Gasteiger partial charge in [0.05, 0.1) is 11.3 Å². The summed E-state index contributed by atoms with van der Waals surface area (Å²) in [6, 6.07) is 21.3.